The molecule has 0 saturated carbocycles. The van der Waals surface area contributed by atoms with Crippen molar-refractivity contribution in [3.63, 3.8) is 0 Å². The van der Waals surface area contributed by atoms with Crippen LogP contribution in [0.15, 0.2) is 23.3 Å². The molecule has 0 spiro atoms. The Labute approximate surface area is 141 Å². The van der Waals surface area contributed by atoms with Crippen LogP contribution in [0.1, 0.15) is 59.8 Å². The largest absolute Gasteiger partial charge is 0.382 e. The Morgan fingerprint density at radius 2 is 1.87 bits per heavy atom. The monoisotopic (exact) mass is 365 g/mol. The molecule has 0 aromatic heterocycles. The van der Waals surface area contributed by atoms with Crippen molar-refractivity contribution in [3.8, 4) is 0 Å². The fraction of sp³-hybridized carbons (Fsp3) is 0.750. The third-order valence-corrected chi connectivity index (χ3v) is 7.46. The molecule has 5 nitrogen and oxygen atoms in total. The van der Waals surface area contributed by atoms with Crippen LogP contribution in [0.3, 0.4) is 0 Å². The van der Waals surface area contributed by atoms with Crippen LogP contribution in [-0.4, -0.2) is 28.1 Å². The van der Waals surface area contributed by atoms with E-state index in [2.05, 4.69) is 32.9 Å². The van der Waals surface area contributed by atoms with E-state index < -0.39 is 20.8 Å². The van der Waals surface area contributed by atoms with Gasteiger partial charge in [0.2, 0.25) is 6.35 Å². The first-order valence-corrected chi connectivity index (χ1v) is 11.2. The highest BCUT2D eigenvalue weighted by molar-refractivity contribution is 7.67. The van der Waals surface area contributed by atoms with Gasteiger partial charge >= 0.3 is 15.4 Å². The molecule has 0 radical (unpaired) electrons. The van der Waals surface area contributed by atoms with Gasteiger partial charge in [-0.15, -0.1) is 0 Å². The summed E-state index contributed by atoms with van der Waals surface area (Å²) >= 11 is 0. The standard InChI is InChI=1S/C16H30O5P2/c1-5-21-13-22(17)16(23(18,19)20)12-7-6-10-15(4)11-8-9-14(2)3/h9-10,16H,5-8,11-13H2,1-4H3,(H-,18,19,20)/p+1/b15-10-. The van der Waals surface area contributed by atoms with Gasteiger partial charge in [-0.3, -0.25) is 4.57 Å². The summed E-state index contributed by atoms with van der Waals surface area (Å²) in [6.07, 6.45) is 7.83. The molecule has 2 atom stereocenters. The van der Waals surface area contributed by atoms with Crippen molar-refractivity contribution in [3.05, 3.63) is 23.3 Å². The van der Waals surface area contributed by atoms with E-state index in [0.29, 0.717) is 13.0 Å². The van der Waals surface area contributed by atoms with Crippen molar-refractivity contribution >= 4 is 15.4 Å². The molecule has 0 aromatic carbocycles. The SMILES string of the molecule is CCOC[P+](=O)C(CCC/C=C(/C)CCC=C(C)C)P(=O)(O)O. The Morgan fingerprint density at radius 1 is 1.22 bits per heavy atom. The lowest BCUT2D eigenvalue weighted by Crippen LogP contribution is -2.06. The summed E-state index contributed by atoms with van der Waals surface area (Å²) in [7, 11) is -6.41. The molecule has 0 fully saturated rings. The summed E-state index contributed by atoms with van der Waals surface area (Å²) in [5.74, 6) is 0. The summed E-state index contributed by atoms with van der Waals surface area (Å²) in [6.45, 7) is 8.37. The minimum atomic E-state index is -4.36. The third-order valence-electron chi connectivity index (χ3n) is 3.39. The van der Waals surface area contributed by atoms with Gasteiger partial charge in [0, 0.05) is 13.0 Å². The maximum atomic E-state index is 12.0. The molecule has 0 aliphatic carbocycles. The normalized spacial score (nSPS) is 14.5. The quantitative estimate of drug-likeness (QED) is 0.283. The molecule has 2 N–H and O–H groups in total. The van der Waals surface area contributed by atoms with Crippen LogP contribution in [0.25, 0.3) is 0 Å². The highest BCUT2D eigenvalue weighted by Gasteiger charge is 2.44. The van der Waals surface area contributed by atoms with Gasteiger partial charge in [-0.1, -0.05) is 27.9 Å². The van der Waals surface area contributed by atoms with Gasteiger partial charge < -0.3 is 14.5 Å². The van der Waals surface area contributed by atoms with Crippen molar-refractivity contribution in [1.29, 1.82) is 0 Å². The summed E-state index contributed by atoms with van der Waals surface area (Å²) in [5, 5.41) is -1.09. The van der Waals surface area contributed by atoms with Crippen molar-refractivity contribution in [1.82, 2.24) is 0 Å². The minimum Gasteiger partial charge on any atom is -0.338 e. The third kappa shape index (κ3) is 11.8. The van der Waals surface area contributed by atoms with Crippen LogP contribution >= 0.6 is 15.4 Å². The molecule has 23 heavy (non-hydrogen) atoms. The van der Waals surface area contributed by atoms with Crippen molar-refractivity contribution in [2.45, 2.75) is 65.2 Å². The highest BCUT2D eigenvalue weighted by Crippen LogP contribution is 2.55. The Kier molecular flexibility index (Phi) is 11.9. The molecule has 2 unspecified atom stereocenters. The van der Waals surface area contributed by atoms with E-state index in [0.717, 1.165) is 19.3 Å². The fourth-order valence-corrected chi connectivity index (χ4v) is 5.15. The molecule has 0 aromatic rings. The van der Waals surface area contributed by atoms with Crippen LogP contribution in [0.4, 0.5) is 0 Å². The predicted octanol–water partition coefficient (Wildman–Crippen LogP) is 5.17. The number of unbranched alkanes of at least 4 members (excludes halogenated alkanes) is 1. The molecular weight excluding hydrogens is 334 g/mol. The molecule has 0 aliphatic heterocycles. The predicted molar refractivity (Wildman–Crippen MR) is 96.2 cm³/mol. The Balaban J connectivity index is 4.34. The first-order valence-electron chi connectivity index (χ1n) is 8.04. The Hall–Kier alpha value is -0.310. The van der Waals surface area contributed by atoms with Crippen LogP contribution in [-0.2, 0) is 13.9 Å². The maximum absolute atomic E-state index is 12.0. The molecule has 0 heterocycles. The van der Waals surface area contributed by atoms with E-state index in [1.165, 1.54) is 11.1 Å². The zero-order valence-electron chi connectivity index (χ0n) is 14.7. The number of hydrogen-bond acceptors (Lipinski definition) is 3. The van der Waals surface area contributed by atoms with Crippen LogP contribution in [0, 0.1) is 0 Å². The molecule has 0 rings (SSSR count). The van der Waals surface area contributed by atoms with Gasteiger partial charge in [-0.05, 0) is 53.4 Å². The van der Waals surface area contributed by atoms with E-state index in [1.807, 2.05) is 0 Å². The van der Waals surface area contributed by atoms with Gasteiger partial charge in [-0.2, -0.15) is 0 Å². The van der Waals surface area contributed by atoms with Crippen LogP contribution < -0.4 is 0 Å². The lowest BCUT2D eigenvalue weighted by atomic mass is 10.1. The van der Waals surface area contributed by atoms with Gasteiger partial charge in [0.1, 0.15) is 0 Å². The lowest BCUT2D eigenvalue weighted by Gasteiger charge is -2.09. The molecule has 0 bridgehead atoms. The second-order valence-corrected chi connectivity index (χ2v) is 9.83. The van der Waals surface area contributed by atoms with E-state index in [9.17, 15) is 18.9 Å². The van der Waals surface area contributed by atoms with E-state index in [4.69, 9.17) is 4.74 Å². The molecule has 0 aliphatic rings. The summed E-state index contributed by atoms with van der Waals surface area (Å²) in [4.78, 5) is 18.7. The highest BCUT2D eigenvalue weighted by atomic mass is 31.2. The van der Waals surface area contributed by atoms with Crippen molar-refractivity contribution in [2.75, 3.05) is 13.0 Å². The van der Waals surface area contributed by atoms with E-state index in [1.54, 1.807) is 6.92 Å². The Morgan fingerprint density at radius 3 is 2.39 bits per heavy atom. The number of ether oxygens (including phenoxy) is 1. The second-order valence-electron chi connectivity index (χ2n) is 5.91. The molecule has 134 valence electrons. The fourth-order valence-electron chi connectivity index (χ4n) is 2.09. The zero-order chi connectivity index (χ0) is 17.9. The molecular formula is C16H31O5P2+. The maximum Gasteiger partial charge on any atom is 0.382 e. The van der Waals surface area contributed by atoms with Crippen molar-refractivity contribution < 1.29 is 23.7 Å². The van der Waals surface area contributed by atoms with Gasteiger partial charge in [0.25, 0.3) is 5.40 Å². The summed E-state index contributed by atoms with van der Waals surface area (Å²) < 4.78 is 28.5. The lowest BCUT2D eigenvalue weighted by molar-refractivity contribution is 0.193. The smallest absolute Gasteiger partial charge is 0.338 e. The second kappa shape index (κ2) is 12.1. The average Bonchev–Trinajstić information content (AvgIpc) is 2.42. The average molecular weight is 365 g/mol. The van der Waals surface area contributed by atoms with Crippen LogP contribution in [0.2, 0.25) is 0 Å². The van der Waals surface area contributed by atoms with Gasteiger partial charge in [0.05, 0.1) is 0 Å². The summed E-state index contributed by atoms with van der Waals surface area (Å²) in [6, 6.07) is 0. The number of allylic oxidation sites excluding steroid dienone is 4. The molecule has 7 heteroatoms. The van der Waals surface area contributed by atoms with E-state index >= 15 is 0 Å². The van der Waals surface area contributed by atoms with Crippen LogP contribution in [0.5, 0.6) is 0 Å². The Bertz CT molecular complexity index is 461. The van der Waals surface area contributed by atoms with Crippen molar-refractivity contribution in [2.24, 2.45) is 0 Å². The summed E-state index contributed by atoms with van der Waals surface area (Å²) in [5.41, 5.74) is 2.58. The number of rotatable bonds is 12. The zero-order valence-corrected chi connectivity index (χ0v) is 16.5. The first-order chi connectivity index (χ1) is 10.7. The molecule has 0 amide bonds. The first kappa shape index (κ1) is 22.7. The van der Waals surface area contributed by atoms with E-state index in [-0.39, 0.29) is 12.8 Å². The van der Waals surface area contributed by atoms with Gasteiger partial charge in [-0.25, -0.2) is 0 Å². The topological polar surface area (TPSA) is 83.8 Å². The number of hydrogen-bond donors (Lipinski definition) is 2. The van der Waals surface area contributed by atoms with Gasteiger partial charge in [0.15, 0.2) is 0 Å². The molecule has 0 saturated heterocycles. The minimum absolute atomic E-state index is 0.0841.